The van der Waals surface area contributed by atoms with E-state index in [1.165, 1.54) is 0 Å². The van der Waals surface area contributed by atoms with Crippen molar-refractivity contribution in [3.05, 3.63) is 23.8 Å². The minimum Gasteiger partial charge on any atom is -0.497 e. The van der Waals surface area contributed by atoms with E-state index in [-0.39, 0.29) is 6.04 Å². The van der Waals surface area contributed by atoms with E-state index >= 15 is 0 Å². The summed E-state index contributed by atoms with van der Waals surface area (Å²) in [6, 6.07) is 6.02. The first-order valence-corrected chi connectivity index (χ1v) is 5.59. The SMILES string of the molecule is C#CCCC(NC)c1ccc(OC)cc1OC. The molecule has 1 aromatic rings. The van der Waals surface area contributed by atoms with Crippen LogP contribution >= 0.6 is 0 Å². The summed E-state index contributed by atoms with van der Waals surface area (Å²) in [5.74, 6) is 4.27. The minimum atomic E-state index is 0.201. The van der Waals surface area contributed by atoms with Crippen molar-refractivity contribution in [3.63, 3.8) is 0 Å². The average molecular weight is 233 g/mol. The van der Waals surface area contributed by atoms with Gasteiger partial charge in [-0.05, 0) is 19.5 Å². The largest absolute Gasteiger partial charge is 0.497 e. The smallest absolute Gasteiger partial charge is 0.127 e. The van der Waals surface area contributed by atoms with Gasteiger partial charge < -0.3 is 14.8 Å². The Bertz CT molecular complexity index is 396. The zero-order valence-electron chi connectivity index (χ0n) is 10.6. The highest BCUT2D eigenvalue weighted by Gasteiger charge is 2.14. The normalized spacial score (nSPS) is 11.6. The van der Waals surface area contributed by atoms with Gasteiger partial charge in [-0.15, -0.1) is 12.3 Å². The van der Waals surface area contributed by atoms with Crippen LogP contribution in [-0.4, -0.2) is 21.3 Å². The standard InChI is InChI=1S/C14H19NO2/c1-5-6-7-13(15-2)12-9-8-11(16-3)10-14(12)17-4/h1,8-10,13,15H,6-7H2,2-4H3. The lowest BCUT2D eigenvalue weighted by Gasteiger charge is -2.19. The molecule has 3 nitrogen and oxygen atoms in total. The van der Waals surface area contributed by atoms with Crippen molar-refractivity contribution in [1.29, 1.82) is 0 Å². The third-order valence-electron chi connectivity index (χ3n) is 2.74. The molecule has 17 heavy (non-hydrogen) atoms. The van der Waals surface area contributed by atoms with Crippen molar-refractivity contribution in [2.24, 2.45) is 0 Å². The molecule has 0 aliphatic carbocycles. The number of hydrogen-bond donors (Lipinski definition) is 1. The lowest BCUT2D eigenvalue weighted by atomic mass is 10.0. The van der Waals surface area contributed by atoms with Gasteiger partial charge in [-0.2, -0.15) is 0 Å². The first kappa shape index (κ1) is 13.4. The van der Waals surface area contributed by atoms with Gasteiger partial charge >= 0.3 is 0 Å². The van der Waals surface area contributed by atoms with Crippen LogP contribution in [0.15, 0.2) is 18.2 Å². The van der Waals surface area contributed by atoms with Crippen molar-refractivity contribution in [2.75, 3.05) is 21.3 Å². The number of ether oxygens (including phenoxy) is 2. The van der Waals surface area contributed by atoms with Gasteiger partial charge in [0, 0.05) is 24.1 Å². The molecule has 0 radical (unpaired) electrons. The number of methoxy groups -OCH3 is 2. The van der Waals surface area contributed by atoms with Crippen LogP contribution in [0.25, 0.3) is 0 Å². The molecule has 1 aromatic carbocycles. The highest BCUT2D eigenvalue weighted by molar-refractivity contribution is 5.42. The topological polar surface area (TPSA) is 30.5 Å². The Balaban J connectivity index is 2.98. The fourth-order valence-electron chi connectivity index (χ4n) is 1.79. The lowest BCUT2D eigenvalue weighted by Crippen LogP contribution is -2.17. The first-order chi connectivity index (χ1) is 8.26. The molecule has 0 aromatic heterocycles. The molecule has 0 bridgehead atoms. The predicted octanol–water partition coefficient (Wildman–Crippen LogP) is 2.38. The molecule has 0 saturated heterocycles. The van der Waals surface area contributed by atoms with Gasteiger partial charge in [0.2, 0.25) is 0 Å². The maximum absolute atomic E-state index is 5.38. The zero-order chi connectivity index (χ0) is 12.7. The van der Waals surface area contributed by atoms with Crippen molar-refractivity contribution >= 4 is 0 Å². The maximum Gasteiger partial charge on any atom is 0.127 e. The molecule has 1 rings (SSSR count). The zero-order valence-corrected chi connectivity index (χ0v) is 10.6. The van der Waals surface area contributed by atoms with Gasteiger partial charge in [0.25, 0.3) is 0 Å². The molecule has 1 N–H and O–H groups in total. The Hall–Kier alpha value is -1.66. The minimum absolute atomic E-state index is 0.201. The molecule has 0 spiro atoms. The van der Waals surface area contributed by atoms with Crippen molar-refractivity contribution in [3.8, 4) is 23.8 Å². The van der Waals surface area contributed by atoms with E-state index < -0.39 is 0 Å². The quantitative estimate of drug-likeness (QED) is 0.765. The van der Waals surface area contributed by atoms with Crippen LogP contribution in [0.5, 0.6) is 11.5 Å². The molecule has 3 heteroatoms. The highest BCUT2D eigenvalue weighted by atomic mass is 16.5. The first-order valence-electron chi connectivity index (χ1n) is 5.59. The number of benzene rings is 1. The molecule has 0 fully saturated rings. The van der Waals surface area contributed by atoms with Crippen molar-refractivity contribution in [1.82, 2.24) is 5.32 Å². The summed E-state index contributed by atoms with van der Waals surface area (Å²) in [5, 5.41) is 3.25. The van der Waals surface area contributed by atoms with E-state index in [9.17, 15) is 0 Å². The van der Waals surface area contributed by atoms with Gasteiger partial charge in [-0.1, -0.05) is 6.07 Å². The van der Waals surface area contributed by atoms with Crippen molar-refractivity contribution in [2.45, 2.75) is 18.9 Å². The summed E-state index contributed by atoms with van der Waals surface area (Å²) in [6.07, 6.45) is 6.92. The summed E-state index contributed by atoms with van der Waals surface area (Å²) < 4.78 is 10.6. The fraction of sp³-hybridized carbons (Fsp3) is 0.429. The maximum atomic E-state index is 5.38. The van der Waals surface area contributed by atoms with E-state index in [0.717, 1.165) is 29.9 Å². The van der Waals surface area contributed by atoms with E-state index in [2.05, 4.69) is 11.2 Å². The Morgan fingerprint density at radius 2 is 2.12 bits per heavy atom. The predicted molar refractivity (Wildman–Crippen MR) is 69.4 cm³/mol. The van der Waals surface area contributed by atoms with Crippen LogP contribution < -0.4 is 14.8 Å². The lowest BCUT2D eigenvalue weighted by molar-refractivity contribution is 0.384. The van der Waals surface area contributed by atoms with E-state index in [4.69, 9.17) is 15.9 Å². The number of hydrogen-bond acceptors (Lipinski definition) is 3. The number of rotatable bonds is 6. The van der Waals surface area contributed by atoms with Gasteiger partial charge in [0.15, 0.2) is 0 Å². The third kappa shape index (κ3) is 3.40. The third-order valence-corrected chi connectivity index (χ3v) is 2.74. The summed E-state index contributed by atoms with van der Waals surface area (Å²) in [5.41, 5.74) is 1.10. The van der Waals surface area contributed by atoms with Gasteiger partial charge in [-0.3, -0.25) is 0 Å². The summed E-state index contributed by atoms with van der Waals surface area (Å²) >= 11 is 0. The number of nitrogens with one attached hydrogen (secondary N) is 1. The molecule has 1 atom stereocenters. The molecule has 0 amide bonds. The van der Waals surface area contributed by atoms with Gasteiger partial charge in [-0.25, -0.2) is 0 Å². The summed E-state index contributed by atoms with van der Waals surface area (Å²) in [6.45, 7) is 0. The number of terminal acetylenes is 1. The molecular weight excluding hydrogens is 214 g/mol. The molecule has 0 aliphatic rings. The second kappa shape index (κ2) is 6.82. The molecule has 0 saturated carbocycles. The monoisotopic (exact) mass is 233 g/mol. The summed E-state index contributed by atoms with van der Waals surface area (Å²) in [7, 11) is 5.22. The van der Waals surface area contributed by atoms with Crippen LogP contribution in [-0.2, 0) is 0 Å². The molecular formula is C14H19NO2. The van der Waals surface area contributed by atoms with E-state index in [1.54, 1.807) is 14.2 Å². The van der Waals surface area contributed by atoms with Crippen LogP contribution in [0.4, 0.5) is 0 Å². The summed E-state index contributed by atoms with van der Waals surface area (Å²) in [4.78, 5) is 0. The van der Waals surface area contributed by atoms with Crippen LogP contribution in [0, 0.1) is 12.3 Å². The molecule has 1 unspecified atom stereocenters. The van der Waals surface area contributed by atoms with Crippen LogP contribution in [0.3, 0.4) is 0 Å². The fourth-order valence-corrected chi connectivity index (χ4v) is 1.79. The Morgan fingerprint density at radius 1 is 1.35 bits per heavy atom. The Morgan fingerprint density at radius 3 is 2.65 bits per heavy atom. The Kier molecular flexibility index (Phi) is 5.38. The van der Waals surface area contributed by atoms with E-state index in [0.29, 0.717) is 0 Å². The van der Waals surface area contributed by atoms with Gasteiger partial charge in [0.05, 0.1) is 14.2 Å². The molecule has 92 valence electrons. The second-order valence-corrected chi connectivity index (χ2v) is 3.69. The molecule has 0 heterocycles. The second-order valence-electron chi connectivity index (χ2n) is 3.69. The van der Waals surface area contributed by atoms with Crippen LogP contribution in [0.2, 0.25) is 0 Å². The van der Waals surface area contributed by atoms with Crippen LogP contribution in [0.1, 0.15) is 24.4 Å². The van der Waals surface area contributed by atoms with Gasteiger partial charge in [0.1, 0.15) is 11.5 Å². The average Bonchev–Trinajstić information content (AvgIpc) is 2.39. The Labute approximate surface area is 103 Å². The molecule has 0 aliphatic heterocycles. The van der Waals surface area contributed by atoms with E-state index in [1.807, 2.05) is 25.2 Å². The highest BCUT2D eigenvalue weighted by Crippen LogP contribution is 2.31. The van der Waals surface area contributed by atoms with Crippen molar-refractivity contribution < 1.29 is 9.47 Å².